The summed E-state index contributed by atoms with van der Waals surface area (Å²) in [6.45, 7) is 1.10. The van der Waals surface area contributed by atoms with Gasteiger partial charge in [0, 0.05) is 15.1 Å². The highest BCUT2D eigenvalue weighted by atomic mass is 79.9. The number of carbonyl (C=O) groups excluding carboxylic acids is 1. The summed E-state index contributed by atoms with van der Waals surface area (Å²) < 4.78 is 8.10. The molecule has 1 aromatic heterocycles. The number of carbonyl (C=O) groups is 1. The smallest absolute Gasteiger partial charge is 0.256 e. The number of amides is 1. The molecule has 2 heterocycles. The molecule has 0 aliphatic carbocycles. The average Bonchev–Trinajstić information content (AvgIpc) is 3.33. The molecule has 3 aromatic rings. The Morgan fingerprint density at radius 1 is 1.15 bits per heavy atom. The van der Waals surface area contributed by atoms with Crippen molar-refractivity contribution in [2.24, 2.45) is 4.99 Å². The van der Waals surface area contributed by atoms with Gasteiger partial charge in [0.2, 0.25) is 5.90 Å². The Kier molecular flexibility index (Phi) is 4.96. The van der Waals surface area contributed by atoms with Gasteiger partial charge in [-0.05, 0) is 48.5 Å². The third-order valence-electron chi connectivity index (χ3n) is 3.99. The van der Waals surface area contributed by atoms with Crippen molar-refractivity contribution in [2.45, 2.75) is 0 Å². The molecule has 8 heteroatoms. The van der Waals surface area contributed by atoms with Crippen molar-refractivity contribution >= 4 is 45.2 Å². The van der Waals surface area contributed by atoms with Crippen LogP contribution < -0.4 is 5.32 Å². The topological polar surface area (TPSA) is 68.5 Å². The highest BCUT2D eigenvalue weighted by Gasteiger charge is 2.22. The van der Waals surface area contributed by atoms with E-state index in [2.05, 4.69) is 31.3 Å². The second-order valence-electron chi connectivity index (χ2n) is 5.79. The van der Waals surface area contributed by atoms with Gasteiger partial charge >= 0.3 is 0 Å². The van der Waals surface area contributed by atoms with Crippen molar-refractivity contribution in [2.75, 3.05) is 18.5 Å². The van der Waals surface area contributed by atoms with E-state index in [0.717, 1.165) is 10.2 Å². The molecule has 0 unspecified atom stereocenters. The number of aromatic nitrogens is 2. The Morgan fingerprint density at radius 2 is 1.89 bits per heavy atom. The Labute approximate surface area is 168 Å². The molecule has 4 rings (SSSR count). The first-order chi connectivity index (χ1) is 13.1. The second kappa shape index (κ2) is 7.54. The average molecular weight is 446 g/mol. The Hall–Kier alpha value is -2.64. The number of ether oxygens (including phenoxy) is 1. The minimum atomic E-state index is -0.252. The van der Waals surface area contributed by atoms with Crippen molar-refractivity contribution in [3.05, 3.63) is 75.4 Å². The molecule has 27 heavy (non-hydrogen) atoms. The van der Waals surface area contributed by atoms with Crippen LogP contribution in [0.2, 0.25) is 5.02 Å². The van der Waals surface area contributed by atoms with Crippen LogP contribution in [-0.4, -0.2) is 34.7 Å². The number of nitrogens with one attached hydrogen (secondary N) is 1. The number of anilines is 1. The van der Waals surface area contributed by atoms with Gasteiger partial charge in [-0.1, -0.05) is 27.5 Å². The largest absolute Gasteiger partial charge is 0.475 e. The first kappa shape index (κ1) is 17.8. The van der Waals surface area contributed by atoms with Gasteiger partial charge in [0.1, 0.15) is 12.4 Å². The summed E-state index contributed by atoms with van der Waals surface area (Å²) >= 11 is 9.35. The predicted molar refractivity (Wildman–Crippen MR) is 108 cm³/mol. The maximum absolute atomic E-state index is 12.8. The lowest BCUT2D eigenvalue weighted by molar-refractivity contribution is 0.102. The van der Waals surface area contributed by atoms with Crippen LogP contribution in [0.4, 0.5) is 5.82 Å². The van der Waals surface area contributed by atoms with Gasteiger partial charge in [0.25, 0.3) is 5.91 Å². The third kappa shape index (κ3) is 3.74. The number of rotatable bonds is 4. The first-order valence-electron chi connectivity index (χ1n) is 8.20. The lowest BCUT2D eigenvalue weighted by Gasteiger charge is -2.11. The van der Waals surface area contributed by atoms with Crippen LogP contribution in [0, 0.1) is 0 Å². The minimum Gasteiger partial charge on any atom is -0.475 e. The predicted octanol–water partition coefficient (Wildman–Crippen LogP) is 4.32. The molecular formula is C19H14BrClN4O2. The molecule has 0 atom stereocenters. The van der Waals surface area contributed by atoms with E-state index < -0.39 is 0 Å². The van der Waals surface area contributed by atoms with E-state index in [0.29, 0.717) is 41.0 Å². The maximum atomic E-state index is 12.8. The minimum absolute atomic E-state index is 0.252. The Morgan fingerprint density at radius 3 is 2.56 bits per heavy atom. The van der Waals surface area contributed by atoms with Gasteiger partial charge < -0.3 is 10.1 Å². The summed E-state index contributed by atoms with van der Waals surface area (Å²) in [6.07, 6.45) is 1.63. The first-order valence-corrected chi connectivity index (χ1v) is 9.37. The van der Waals surface area contributed by atoms with E-state index in [-0.39, 0.29) is 5.91 Å². The van der Waals surface area contributed by atoms with Gasteiger partial charge in [-0.15, -0.1) is 0 Å². The molecule has 0 saturated carbocycles. The summed E-state index contributed by atoms with van der Waals surface area (Å²) in [7, 11) is 0. The zero-order valence-electron chi connectivity index (χ0n) is 14.0. The fraction of sp³-hybridized carbons (Fsp3) is 0.105. The molecule has 0 bridgehead atoms. The van der Waals surface area contributed by atoms with Crippen LogP contribution in [0.25, 0.3) is 5.69 Å². The van der Waals surface area contributed by atoms with Gasteiger partial charge in [-0.2, -0.15) is 5.10 Å². The van der Waals surface area contributed by atoms with Crippen LogP contribution in [0.3, 0.4) is 0 Å². The summed E-state index contributed by atoms with van der Waals surface area (Å²) in [5, 5.41) is 7.97. The van der Waals surface area contributed by atoms with E-state index in [9.17, 15) is 4.79 Å². The number of nitrogens with zero attached hydrogens (tertiary/aromatic N) is 3. The highest BCUT2D eigenvalue weighted by molar-refractivity contribution is 9.10. The van der Waals surface area contributed by atoms with Crippen LogP contribution in [0.15, 0.2) is 64.2 Å². The molecule has 136 valence electrons. The fourth-order valence-electron chi connectivity index (χ4n) is 2.68. The molecule has 0 fully saturated rings. The quantitative estimate of drug-likeness (QED) is 0.650. The highest BCUT2D eigenvalue weighted by Crippen LogP contribution is 2.24. The van der Waals surface area contributed by atoms with Gasteiger partial charge in [0.05, 0.1) is 24.0 Å². The van der Waals surface area contributed by atoms with Crippen LogP contribution in [0.1, 0.15) is 15.9 Å². The van der Waals surface area contributed by atoms with Crippen LogP contribution in [-0.2, 0) is 4.74 Å². The second-order valence-corrected chi connectivity index (χ2v) is 7.14. The Bertz CT molecular complexity index is 1010. The summed E-state index contributed by atoms with van der Waals surface area (Å²) in [4.78, 5) is 17.1. The molecule has 0 saturated heterocycles. The molecule has 0 radical (unpaired) electrons. The lowest BCUT2D eigenvalue weighted by Crippen LogP contribution is -2.17. The maximum Gasteiger partial charge on any atom is 0.256 e. The van der Waals surface area contributed by atoms with E-state index in [1.54, 1.807) is 35.1 Å². The molecule has 6 nitrogen and oxygen atoms in total. The molecular weight excluding hydrogens is 432 g/mol. The van der Waals surface area contributed by atoms with Crippen molar-refractivity contribution in [3.63, 3.8) is 0 Å². The van der Waals surface area contributed by atoms with Gasteiger partial charge in [0.15, 0.2) is 0 Å². The van der Waals surface area contributed by atoms with Crippen LogP contribution in [0.5, 0.6) is 0 Å². The van der Waals surface area contributed by atoms with E-state index in [4.69, 9.17) is 16.3 Å². The van der Waals surface area contributed by atoms with Crippen molar-refractivity contribution in [3.8, 4) is 5.69 Å². The number of hydrogen-bond acceptors (Lipinski definition) is 4. The van der Waals surface area contributed by atoms with E-state index >= 15 is 0 Å². The number of halogens is 2. The molecule has 0 spiro atoms. The van der Waals surface area contributed by atoms with E-state index in [1.165, 1.54) is 0 Å². The molecule has 2 aromatic carbocycles. The zero-order chi connectivity index (χ0) is 18.8. The molecule has 1 N–H and O–H groups in total. The number of benzene rings is 2. The van der Waals surface area contributed by atoms with Crippen molar-refractivity contribution < 1.29 is 9.53 Å². The SMILES string of the molecule is O=C(Nc1c(C2=NCCO2)cnn1-c1ccc(Cl)cc1)c1ccc(Br)cc1. The number of hydrogen-bond donors (Lipinski definition) is 1. The summed E-state index contributed by atoms with van der Waals surface area (Å²) in [6, 6.07) is 14.3. The normalized spacial score (nSPS) is 13.2. The lowest BCUT2D eigenvalue weighted by atomic mass is 10.2. The summed E-state index contributed by atoms with van der Waals surface area (Å²) in [5.41, 5.74) is 1.92. The van der Waals surface area contributed by atoms with Crippen LogP contribution >= 0.6 is 27.5 Å². The van der Waals surface area contributed by atoms with Crippen molar-refractivity contribution in [1.29, 1.82) is 0 Å². The third-order valence-corrected chi connectivity index (χ3v) is 4.78. The number of aliphatic imine (C=N–C) groups is 1. The molecule has 1 aliphatic rings. The molecule has 1 amide bonds. The Balaban J connectivity index is 1.74. The zero-order valence-corrected chi connectivity index (χ0v) is 16.4. The van der Waals surface area contributed by atoms with Gasteiger partial charge in [-0.3, -0.25) is 4.79 Å². The van der Waals surface area contributed by atoms with Gasteiger partial charge in [-0.25, -0.2) is 9.67 Å². The monoisotopic (exact) mass is 444 g/mol. The molecule has 1 aliphatic heterocycles. The van der Waals surface area contributed by atoms with Crippen molar-refractivity contribution in [1.82, 2.24) is 9.78 Å². The standard InChI is InChI=1S/C19H14BrClN4O2/c20-13-3-1-12(2-4-13)18(26)24-17-16(19-22-9-10-27-19)11-23-25(17)15-7-5-14(21)6-8-15/h1-8,11H,9-10H2,(H,24,26). The van der Waals surface area contributed by atoms with E-state index in [1.807, 2.05) is 24.3 Å². The fourth-order valence-corrected chi connectivity index (χ4v) is 3.07. The summed E-state index contributed by atoms with van der Waals surface area (Å²) in [5.74, 6) is 0.713.